The van der Waals surface area contributed by atoms with Crippen LogP contribution in [0.25, 0.3) is 0 Å². The lowest BCUT2D eigenvalue weighted by Gasteiger charge is -2.06. The minimum Gasteiger partial charge on any atom is -0.449 e. The summed E-state index contributed by atoms with van der Waals surface area (Å²) >= 11 is 0. The van der Waals surface area contributed by atoms with Gasteiger partial charge in [0.25, 0.3) is 0 Å². The first kappa shape index (κ1) is 6.39. The molecule has 0 aliphatic carbocycles. The van der Waals surface area contributed by atoms with E-state index < -0.39 is 0 Å². The van der Waals surface area contributed by atoms with Crippen LogP contribution in [0.5, 0.6) is 0 Å². The first-order chi connectivity index (χ1) is 4.29. The molecule has 3 nitrogen and oxygen atoms in total. The molecule has 0 aromatic heterocycles. The van der Waals surface area contributed by atoms with E-state index in [1.165, 1.54) is 0 Å². The second-order valence-electron chi connectivity index (χ2n) is 2.16. The van der Waals surface area contributed by atoms with Crippen LogP contribution < -0.4 is 0 Å². The van der Waals surface area contributed by atoms with Gasteiger partial charge in [0, 0.05) is 0 Å². The van der Waals surface area contributed by atoms with Gasteiger partial charge in [-0.05, 0) is 13.8 Å². The van der Waals surface area contributed by atoms with Crippen LogP contribution in [0.2, 0.25) is 0 Å². The predicted molar refractivity (Wildman–Crippen MR) is 34.5 cm³/mol. The molecule has 0 atom stereocenters. The van der Waals surface area contributed by atoms with E-state index in [-0.39, 0.29) is 6.10 Å². The van der Waals surface area contributed by atoms with E-state index in [0.717, 1.165) is 6.54 Å². The highest BCUT2D eigenvalue weighted by molar-refractivity contribution is 5.68. The molecule has 1 heterocycles. The van der Waals surface area contributed by atoms with Gasteiger partial charge in [-0.1, -0.05) is 0 Å². The fraction of sp³-hybridized carbons (Fsp3) is 0.833. The molecule has 0 saturated carbocycles. The van der Waals surface area contributed by atoms with Gasteiger partial charge in [0.05, 0.1) is 12.6 Å². The summed E-state index contributed by atoms with van der Waals surface area (Å²) in [4.78, 5) is 3.95. The third-order valence-corrected chi connectivity index (χ3v) is 0.894. The Balaban J connectivity index is 2.26. The third-order valence-electron chi connectivity index (χ3n) is 0.894. The number of rotatable bonds is 1. The van der Waals surface area contributed by atoms with E-state index in [4.69, 9.17) is 9.47 Å². The number of hydrogen-bond acceptors (Lipinski definition) is 3. The maximum Gasteiger partial charge on any atom is 0.383 e. The van der Waals surface area contributed by atoms with Crippen LogP contribution in [0.1, 0.15) is 13.8 Å². The highest BCUT2D eigenvalue weighted by Crippen LogP contribution is 1.98. The lowest BCUT2D eigenvalue weighted by atomic mass is 10.5. The normalized spacial score (nSPS) is 17.4. The maximum atomic E-state index is 5.14. The summed E-state index contributed by atoms with van der Waals surface area (Å²) in [6.07, 6.45) is 0.617. The molecule has 0 radical (unpaired) electrons. The fourth-order valence-corrected chi connectivity index (χ4v) is 0.588. The van der Waals surface area contributed by atoms with Crippen LogP contribution in [-0.4, -0.2) is 25.3 Å². The third kappa shape index (κ3) is 1.91. The van der Waals surface area contributed by atoms with Crippen molar-refractivity contribution in [1.29, 1.82) is 0 Å². The quantitative estimate of drug-likeness (QED) is 0.524. The fourth-order valence-electron chi connectivity index (χ4n) is 0.588. The van der Waals surface area contributed by atoms with Gasteiger partial charge in [-0.25, -0.2) is 4.99 Å². The van der Waals surface area contributed by atoms with Crippen molar-refractivity contribution in [3.8, 4) is 0 Å². The summed E-state index contributed by atoms with van der Waals surface area (Å²) in [7, 11) is 0. The monoisotopic (exact) mass is 129 g/mol. The lowest BCUT2D eigenvalue weighted by molar-refractivity contribution is 0.147. The summed E-state index contributed by atoms with van der Waals surface area (Å²) in [5, 5.41) is 0. The van der Waals surface area contributed by atoms with E-state index in [9.17, 15) is 0 Å². The number of aliphatic imine (C=N–C) groups is 1. The van der Waals surface area contributed by atoms with Crippen molar-refractivity contribution in [1.82, 2.24) is 0 Å². The van der Waals surface area contributed by atoms with Crippen LogP contribution in [0.3, 0.4) is 0 Å². The van der Waals surface area contributed by atoms with Crippen molar-refractivity contribution in [2.45, 2.75) is 20.0 Å². The van der Waals surface area contributed by atoms with E-state index in [1.54, 1.807) is 0 Å². The molecule has 0 bridgehead atoms. The molecule has 0 amide bonds. The van der Waals surface area contributed by atoms with E-state index in [1.807, 2.05) is 13.8 Å². The maximum absolute atomic E-state index is 5.14. The van der Waals surface area contributed by atoms with E-state index in [2.05, 4.69) is 4.99 Å². The molecular weight excluding hydrogens is 118 g/mol. The Morgan fingerprint density at radius 1 is 1.67 bits per heavy atom. The average molecular weight is 129 g/mol. The summed E-state index contributed by atoms with van der Waals surface area (Å²) in [6, 6.07) is 0. The zero-order valence-corrected chi connectivity index (χ0v) is 5.76. The summed E-state index contributed by atoms with van der Waals surface area (Å²) in [5.41, 5.74) is 0. The van der Waals surface area contributed by atoms with Crippen molar-refractivity contribution in [2.75, 3.05) is 13.2 Å². The molecule has 0 saturated heterocycles. The molecule has 0 fully saturated rings. The number of ether oxygens (including phenoxy) is 2. The summed E-state index contributed by atoms with van der Waals surface area (Å²) < 4.78 is 10.1. The van der Waals surface area contributed by atoms with Gasteiger partial charge in [-0.3, -0.25) is 0 Å². The Kier molecular flexibility index (Phi) is 1.92. The zero-order valence-electron chi connectivity index (χ0n) is 5.76. The van der Waals surface area contributed by atoms with Gasteiger partial charge in [-0.2, -0.15) is 0 Å². The van der Waals surface area contributed by atoms with Crippen LogP contribution in [-0.2, 0) is 9.47 Å². The Hall–Kier alpha value is -0.730. The van der Waals surface area contributed by atoms with Crippen molar-refractivity contribution in [3.63, 3.8) is 0 Å². The Morgan fingerprint density at radius 3 is 2.89 bits per heavy atom. The smallest absolute Gasteiger partial charge is 0.383 e. The van der Waals surface area contributed by atoms with E-state index >= 15 is 0 Å². The molecule has 0 aromatic rings. The first-order valence-corrected chi connectivity index (χ1v) is 3.13. The predicted octanol–water partition coefficient (Wildman–Crippen LogP) is 0.798. The summed E-state index contributed by atoms with van der Waals surface area (Å²) in [6.45, 7) is 5.30. The number of nitrogens with zero attached hydrogens (tertiary/aromatic N) is 1. The van der Waals surface area contributed by atoms with Gasteiger partial charge >= 0.3 is 6.08 Å². The van der Waals surface area contributed by atoms with Crippen LogP contribution in [0, 0.1) is 0 Å². The highest BCUT2D eigenvalue weighted by Gasteiger charge is 2.08. The molecule has 52 valence electrons. The molecular formula is C6H11NO2. The molecule has 9 heavy (non-hydrogen) atoms. The molecule has 1 aliphatic rings. The van der Waals surface area contributed by atoms with Crippen LogP contribution >= 0.6 is 0 Å². The SMILES string of the molecule is CC(C)OC1=NCCO1. The second-order valence-corrected chi connectivity index (χ2v) is 2.16. The first-order valence-electron chi connectivity index (χ1n) is 3.13. The lowest BCUT2D eigenvalue weighted by Crippen LogP contribution is -2.11. The topological polar surface area (TPSA) is 30.8 Å². The molecule has 3 heteroatoms. The molecule has 0 unspecified atom stereocenters. The van der Waals surface area contributed by atoms with Crippen molar-refractivity contribution >= 4 is 6.08 Å². The second kappa shape index (κ2) is 2.71. The summed E-state index contributed by atoms with van der Waals surface area (Å²) in [5.74, 6) is 0. The molecule has 0 aromatic carbocycles. The van der Waals surface area contributed by atoms with Crippen molar-refractivity contribution in [3.05, 3.63) is 0 Å². The molecule has 1 aliphatic heterocycles. The molecule has 0 N–H and O–H groups in total. The highest BCUT2D eigenvalue weighted by atomic mass is 16.7. The van der Waals surface area contributed by atoms with Crippen LogP contribution in [0.15, 0.2) is 4.99 Å². The zero-order chi connectivity index (χ0) is 6.69. The molecule has 1 rings (SSSR count). The minimum atomic E-state index is 0.168. The Labute approximate surface area is 54.7 Å². The Bertz CT molecular complexity index is 120. The van der Waals surface area contributed by atoms with E-state index in [0.29, 0.717) is 12.7 Å². The van der Waals surface area contributed by atoms with Gasteiger partial charge in [0.15, 0.2) is 0 Å². The van der Waals surface area contributed by atoms with Crippen molar-refractivity contribution < 1.29 is 9.47 Å². The average Bonchev–Trinajstić information content (AvgIpc) is 2.15. The number of hydrogen-bond donors (Lipinski definition) is 0. The van der Waals surface area contributed by atoms with Gasteiger partial charge < -0.3 is 9.47 Å². The largest absolute Gasteiger partial charge is 0.449 e. The van der Waals surface area contributed by atoms with Crippen molar-refractivity contribution in [2.24, 2.45) is 4.99 Å². The minimum absolute atomic E-state index is 0.168. The Morgan fingerprint density at radius 2 is 2.44 bits per heavy atom. The van der Waals surface area contributed by atoms with Gasteiger partial charge in [-0.15, -0.1) is 0 Å². The van der Waals surface area contributed by atoms with Crippen LogP contribution in [0.4, 0.5) is 0 Å². The van der Waals surface area contributed by atoms with Gasteiger partial charge in [0.2, 0.25) is 0 Å². The van der Waals surface area contributed by atoms with Gasteiger partial charge in [0.1, 0.15) is 6.61 Å². The standard InChI is InChI=1S/C6H11NO2/c1-5(2)9-6-7-3-4-8-6/h5H,3-4H2,1-2H3. The molecule has 0 spiro atoms.